The van der Waals surface area contributed by atoms with E-state index in [4.69, 9.17) is 11.6 Å². The van der Waals surface area contributed by atoms with Gasteiger partial charge in [-0.2, -0.15) is 13.2 Å². The van der Waals surface area contributed by atoms with Crippen LogP contribution in [0.1, 0.15) is 30.4 Å². The second-order valence-electron chi connectivity index (χ2n) is 4.82. The summed E-state index contributed by atoms with van der Waals surface area (Å²) < 4.78 is 37.1. The topological polar surface area (TPSA) is 12.0 Å². The summed E-state index contributed by atoms with van der Waals surface area (Å²) in [6.45, 7) is 0.560. The van der Waals surface area contributed by atoms with Crippen LogP contribution in [-0.4, -0.2) is 11.4 Å². The molecule has 1 saturated carbocycles. The summed E-state index contributed by atoms with van der Waals surface area (Å²) in [5, 5.41) is 3.34. The van der Waals surface area contributed by atoms with Gasteiger partial charge in [0.2, 0.25) is 0 Å². The number of halogens is 4. The molecule has 1 fully saturated rings. The molecular formula is C13H15ClF3N. The average Bonchev–Trinajstić information content (AvgIpc) is 2.28. The van der Waals surface area contributed by atoms with Crippen molar-refractivity contribution in [3.05, 3.63) is 35.4 Å². The molecule has 1 aliphatic rings. The van der Waals surface area contributed by atoms with E-state index in [1.807, 2.05) is 0 Å². The van der Waals surface area contributed by atoms with Crippen LogP contribution >= 0.6 is 11.6 Å². The molecule has 1 N–H and O–H groups in total. The highest BCUT2D eigenvalue weighted by Gasteiger charge is 2.35. The molecule has 0 saturated heterocycles. The van der Waals surface area contributed by atoms with Crippen LogP contribution < -0.4 is 5.32 Å². The molecule has 1 nitrogen and oxygen atoms in total. The molecule has 100 valence electrons. The van der Waals surface area contributed by atoms with Gasteiger partial charge in [0.25, 0.3) is 0 Å². The average molecular weight is 278 g/mol. The number of rotatable bonds is 4. The Bertz CT molecular complexity index is 390. The standard InChI is InChI=1S/C13H15ClF3N/c14-9-12(6-1-7-12)18-8-10-2-4-11(5-3-10)13(15,16)17/h2-5,18H,1,6-9H2. The molecule has 1 aromatic rings. The van der Waals surface area contributed by atoms with Crippen LogP contribution in [0.3, 0.4) is 0 Å². The Morgan fingerprint density at radius 2 is 1.78 bits per heavy atom. The summed E-state index contributed by atoms with van der Waals surface area (Å²) in [5.41, 5.74) is 0.228. The van der Waals surface area contributed by atoms with Gasteiger partial charge in [-0.25, -0.2) is 0 Å². The zero-order valence-electron chi connectivity index (χ0n) is 9.86. The van der Waals surface area contributed by atoms with Gasteiger partial charge < -0.3 is 5.32 Å². The first kappa shape index (κ1) is 13.7. The lowest BCUT2D eigenvalue weighted by Gasteiger charge is -2.41. The first-order valence-electron chi connectivity index (χ1n) is 5.92. The third-order valence-corrected chi connectivity index (χ3v) is 4.03. The fraction of sp³-hybridized carbons (Fsp3) is 0.538. The van der Waals surface area contributed by atoms with Crippen molar-refractivity contribution in [3.8, 4) is 0 Å². The first-order chi connectivity index (χ1) is 8.45. The maximum Gasteiger partial charge on any atom is 0.416 e. The van der Waals surface area contributed by atoms with E-state index in [0.717, 1.165) is 37.0 Å². The van der Waals surface area contributed by atoms with Crippen molar-refractivity contribution in [2.75, 3.05) is 5.88 Å². The Morgan fingerprint density at radius 3 is 2.17 bits per heavy atom. The summed E-state index contributed by atoms with van der Waals surface area (Å²) in [6.07, 6.45) is -1.03. The minimum atomic E-state index is -4.27. The van der Waals surface area contributed by atoms with Gasteiger partial charge >= 0.3 is 6.18 Å². The van der Waals surface area contributed by atoms with E-state index in [2.05, 4.69) is 5.32 Å². The van der Waals surface area contributed by atoms with Crippen molar-refractivity contribution in [3.63, 3.8) is 0 Å². The van der Waals surface area contributed by atoms with Crippen LogP contribution in [0.15, 0.2) is 24.3 Å². The van der Waals surface area contributed by atoms with Crippen molar-refractivity contribution >= 4 is 11.6 Å². The van der Waals surface area contributed by atoms with Crippen LogP contribution in [0.2, 0.25) is 0 Å². The molecule has 0 aromatic heterocycles. The van der Waals surface area contributed by atoms with Crippen LogP contribution in [0.25, 0.3) is 0 Å². The Balaban J connectivity index is 1.94. The number of alkyl halides is 4. The molecule has 1 aromatic carbocycles. The smallest absolute Gasteiger partial charge is 0.306 e. The molecule has 1 aliphatic carbocycles. The Morgan fingerprint density at radius 1 is 1.17 bits per heavy atom. The van der Waals surface area contributed by atoms with E-state index in [1.54, 1.807) is 0 Å². The fourth-order valence-corrected chi connectivity index (χ4v) is 2.42. The van der Waals surface area contributed by atoms with Crippen molar-refractivity contribution < 1.29 is 13.2 Å². The summed E-state index contributed by atoms with van der Waals surface area (Å²) in [7, 11) is 0. The lowest BCUT2D eigenvalue weighted by atomic mass is 9.78. The third-order valence-electron chi connectivity index (χ3n) is 3.52. The molecule has 5 heteroatoms. The molecule has 0 radical (unpaired) electrons. The van der Waals surface area contributed by atoms with Crippen molar-refractivity contribution in [2.24, 2.45) is 0 Å². The fourth-order valence-electron chi connectivity index (χ4n) is 2.06. The molecule has 0 heterocycles. The van der Waals surface area contributed by atoms with E-state index < -0.39 is 11.7 Å². The highest BCUT2D eigenvalue weighted by molar-refractivity contribution is 6.18. The Labute approximate surface area is 109 Å². The Kier molecular flexibility index (Phi) is 3.87. The molecule has 0 amide bonds. The summed E-state index contributed by atoms with van der Waals surface area (Å²) >= 11 is 5.90. The molecule has 0 atom stereocenters. The normalized spacial score (nSPS) is 18.4. The first-order valence-corrected chi connectivity index (χ1v) is 6.46. The van der Waals surface area contributed by atoms with Crippen LogP contribution in [0.4, 0.5) is 13.2 Å². The number of hydrogen-bond acceptors (Lipinski definition) is 1. The van der Waals surface area contributed by atoms with Gasteiger partial charge in [0, 0.05) is 18.0 Å². The summed E-state index contributed by atoms with van der Waals surface area (Å²) in [6, 6.07) is 5.25. The van der Waals surface area contributed by atoms with Crippen molar-refractivity contribution in [2.45, 2.75) is 37.5 Å². The zero-order chi connectivity index (χ0) is 13.2. The monoisotopic (exact) mass is 277 g/mol. The van der Waals surface area contributed by atoms with Crippen molar-refractivity contribution in [1.82, 2.24) is 5.32 Å². The van der Waals surface area contributed by atoms with E-state index in [9.17, 15) is 13.2 Å². The highest BCUT2D eigenvalue weighted by Crippen LogP contribution is 2.33. The highest BCUT2D eigenvalue weighted by atomic mass is 35.5. The third kappa shape index (κ3) is 2.98. The van der Waals surface area contributed by atoms with Crippen molar-refractivity contribution in [1.29, 1.82) is 0 Å². The molecule has 2 rings (SSSR count). The van der Waals surface area contributed by atoms with Gasteiger partial charge in [-0.3, -0.25) is 0 Å². The molecule has 0 unspecified atom stereocenters. The largest absolute Gasteiger partial charge is 0.416 e. The second kappa shape index (κ2) is 5.10. The molecule has 0 aliphatic heterocycles. The van der Waals surface area contributed by atoms with Gasteiger partial charge in [-0.1, -0.05) is 12.1 Å². The molecular weight excluding hydrogens is 263 g/mol. The van der Waals surface area contributed by atoms with Gasteiger partial charge in [-0.05, 0) is 37.0 Å². The molecule has 18 heavy (non-hydrogen) atoms. The quantitative estimate of drug-likeness (QED) is 0.822. The predicted octanol–water partition coefficient (Wildman–Crippen LogP) is 3.96. The summed E-state index contributed by atoms with van der Waals surface area (Å²) in [4.78, 5) is 0. The number of benzene rings is 1. The van der Waals surface area contributed by atoms with Gasteiger partial charge in [-0.15, -0.1) is 11.6 Å². The second-order valence-corrected chi connectivity index (χ2v) is 5.08. The number of nitrogens with one attached hydrogen (secondary N) is 1. The van der Waals surface area contributed by atoms with Gasteiger partial charge in [0.05, 0.1) is 5.56 Å². The molecule has 0 spiro atoms. The summed E-state index contributed by atoms with van der Waals surface area (Å²) in [5.74, 6) is 0.549. The van der Waals surface area contributed by atoms with Crippen LogP contribution in [0.5, 0.6) is 0 Å². The minimum Gasteiger partial charge on any atom is -0.306 e. The minimum absolute atomic E-state index is 0.00967. The lowest BCUT2D eigenvalue weighted by Crippen LogP contribution is -2.52. The van der Waals surface area contributed by atoms with Crippen LogP contribution in [-0.2, 0) is 12.7 Å². The van der Waals surface area contributed by atoms with Gasteiger partial charge in [0.15, 0.2) is 0 Å². The van der Waals surface area contributed by atoms with E-state index in [1.165, 1.54) is 12.1 Å². The van der Waals surface area contributed by atoms with E-state index in [0.29, 0.717) is 12.4 Å². The van der Waals surface area contributed by atoms with E-state index in [-0.39, 0.29) is 5.54 Å². The Hall–Kier alpha value is -0.740. The zero-order valence-corrected chi connectivity index (χ0v) is 10.6. The maximum atomic E-state index is 12.4. The lowest BCUT2D eigenvalue weighted by molar-refractivity contribution is -0.137. The van der Waals surface area contributed by atoms with E-state index >= 15 is 0 Å². The van der Waals surface area contributed by atoms with Crippen LogP contribution in [0, 0.1) is 0 Å². The SMILES string of the molecule is FC(F)(F)c1ccc(CNC2(CCl)CCC2)cc1. The molecule has 0 bridgehead atoms. The van der Waals surface area contributed by atoms with Gasteiger partial charge in [0.1, 0.15) is 0 Å². The predicted molar refractivity (Wildman–Crippen MR) is 65.6 cm³/mol. The number of hydrogen-bond donors (Lipinski definition) is 1. The maximum absolute atomic E-state index is 12.4.